The van der Waals surface area contributed by atoms with Crippen LogP contribution in [0.5, 0.6) is 0 Å². The number of hydrogen-bond donors (Lipinski definition) is 0. The molecule has 0 N–H and O–H groups in total. The SMILES string of the molecule is CC(C)(C)C1CC(=O)N(C(C)(C)C)S(=O)(=O)C1. The van der Waals surface area contributed by atoms with Gasteiger partial charge < -0.3 is 0 Å². The van der Waals surface area contributed by atoms with E-state index in [4.69, 9.17) is 0 Å². The Labute approximate surface area is 104 Å². The number of hydrogen-bond acceptors (Lipinski definition) is 3. The fraction of sp³-hybridized carbons (Fsp3) is 0.917. The van der Waals surface area contributed by atoms with Crippen LogP contribution < -0.4 is 0 Å². The number of amides is 1. The summed E-state index contributed by atoms with van der Waals surface area (Å²) in [5, 5.41) is 0. The van der Waals surface area contributed by atoms with E-state index < -0.39 is 15.6 Å². The van der Waals surface area contributed by atoms with Gasteiger partial charge in [-0.1, -0.05) is 20.8 Å². The maximum atomic E-state index is 12.2. The fourth-order valence-electron chi connectivity index (χ4n) is 2.18. The van der Waals surface area contributed by atoms with Crippen LogP contribution in [0, 0.1) is 11.3 Å². The van der Waals surface area contributed by atoms with Crippen molar-refractivity contribution in [1.29, 1.82) is 0 Å². The Bertz CT molecular complexity index is 412. The van der Waals surface area contributed by atoms with Crippen LogP contribution in [-0.2, 0) is 14.8 Å². The maximum Gasteiger partial charge on any atom is 0.238 e. The Morgan fingerprint density at radius 2 is 1.59 bits per heavy atom. The van der Waals surface area contributed by atoms with Gasteiger partial charge in [0.25, 0.3) is 0 Å². The number of nitrogens with zero attached hydrogens (tertiary/aromatic N) is 1. The molecule has 0 aromatic carbocycles. The molecular weight excluding hydrogens is 238 g/mol. The van der Waals surface area contributed by atoms with Crippen molar-refractivity contribution in [3.63, 3.8) is 0 Å². The summed E-state index contributed by atoms with van der Waals surface area (Å²) in [5.74, 6) is -0.304. The van der Waals surface area contributed by atoms with Gasteiger partial charge in [0.15, 0.2) is 0 Å². The summed E-state index contributed by atoms with van der Waals surface area (Å²) in [6.45, 7) is 11.2. The standard InChI is InChI=1S/C12H23NO3S/c1-11(2,3)9-7-10(14)13(12(4,5)6)17(15,16)8-9/h9H,7-8H2,1-6H3. The number of rotatable bonds is 0. The summed E-state index contributed by atoms with van der Waals surface area (Å²) < 4.78 is 25.5. The zero-order chi connectivity index (χ0) is 13.6. The average Bonchev–Trinajstić information content (AvgIpc) is 1.94. The first-order valence-electron chi connectivity index (χ1n) is 5.91. The molecule has 1 aliphatic rings. The van der Waals surface area contributed by atoms with E-state index >= 15 is 0 Å². The van der Waals surface area contributed by atoms with Gasteiger partial charge in [-0.25, -0.2) is 12.7 Å². The normalized spacial score (nSPS) is 26.1. The Morgan fingerprint density at radius 3 is 1.88 bits per heavy atom. The highest BCUT2D eigenvalue weighted by Gasteiger charge is 2.46. The summed E-state index contributed by atoms with van der Waals surface area (Å²) in [5.41, 5.74) is -0.828. The van der Waals surface area contributed by atoms with E-state index in [9.17, 15) is 13.2 Å². The molecule has 1 saturated heterocycles. The minimum Gasteiger partial charge on any atom is -0.274 e. The molecule has 0 spiro atoms. The lowest BCUT2D eigenvalue weighted by Crippen LogP contribution is -2.56. The Morgan fingerprint density at radius 1 is 1.12 bits per heavy atom. The van der Waals surface area contributed by atoms with Crippen molar-refractivity contribution in [1.82, 2.24) is 4.31 Å². The molecule has 1 atom stereocenters. The summed E-state index contributed by atoms with van der Waals surface area (Å²) in [6, 6.07) is 0. The topological polar surface area (TPSA) is 54.5 Å². The van der Waals surface area contributed by atoms with Gasteiger partial charge in [0.05, 0.1) is 11.3 Å². The second-order valence-corrected chi connectivity index (χ2v) is 8.74. The first kappa shape index (κ1) is 14.5. The first-order valence-corrected chi connectivity index (χ1v) is 7.52. The molecule has 0 saturated carbocycles. The average molecular weight is 261 g/mol. The smallest absolute Gasteiger partial charge is 0.238 e. The summed E-state index contributed by atoms with van der Waals surface area (Å²) in [6.07, 6.45) is 0.319. The van der Waals surface area contributed by atoms with E-state index in [2.05, 4.69) is 0 Å². The Kier molecular flexibility index (Phi) is 3.38. The van der Waals surface area contributed by atoms with E-state index in [-0.39, 0.29) is 23.0 Å². The van der Waals surface area contributed by atoms with Crippen molar-refractivity contribution in [2.75, 3.05) is 5.75 Å². The molecule has 17 heavy (non-hydrogen) atoms. The third-order valence-corrected chi connectivity index (χ3v) is 5.30. The molecule has 0 bridgehead atoms. The van der Waals surface area contributed by atoms with E-state index in [0.717, 1.165) is 4.31 Å². The predicted octanol–water partition coefficient (Wildman–Crippen LogP) is 2.01. The maximum absolute atomic E-state index is 12.2. The molecule has 5 heteroatoms. The first-order chi connectivity index (χ1) is 7.36. The van der Waals surface area contributed by atoms with Crippen LogP contribution >= 0.6 is 0 Å². The van der Waals surface area contributed by atoms with Crippen LogP contribution in [0.1, 0.15) is 48.0 Å². The lowest BCUT2D eigenvalue weighted by molar-refractivity contribution is -0.132. The molecule has 100 valence electrons. The zero-order valence-electron chi connectivity index (χ0n) is 11.6. The van der Waals surface area contributed by atoms with Gasteiger partial charge in [-0.15, -0.1) is 0 Å². The number of carbonyl (C=O) groups excluding carboxylic acids is 1. The van der Waals surface area contributed by atoms with E-state index in [0.29, 0.717) is 6.42 Å². The third kappa shape index (κ3) is 3.00. The molecule has 1 rings (SSSR count). The molecule has 1 amide bonds. The molecule has 1 fully saturated rings. The second-order valence-electron chi connectivity index (χ2n) is 6.87. The Hall–Kier alpha value is -0.580. The lowest BCUT2D eigenvalue weighted by atomic mass is 9.79. The van der Waals surface area contributed by atoms with Crippen molar-refractivity contribution in [3.05, 3.63) is 0 Å². The van der Waals surface area contributed by atoms with E-state index in [1.807, 2.05) is 20.8 Å². The monoisotopic (exact) mass is 261 g/mol. The molecule has 4 nitrogen and oxygen atoms in total. The quantitative estimate of drug-likeness (QED) is 0.670. The lowest BCUT2D eigenvalue weighted by Gasteiger charge is -2.42. The largest absolute Gasteiger partial charge is 0.274 e. The van der Waals surface area contributed by atoms with Crippen LogP contribution in [0.2, 0.25) is 0 Å². The molecule has 1 heterocycles. The minimum absolute atomic E-state index is 0.0690. The molecule has 1 aliphatic heterocycles. The molecule has 1 unspecified atom stereocenters. The summed E-state index contributed by atoms with van der Waals surface area (Å²) in [7, 11) is -3.48. The van der Waals surface area contributed by atoms with Gasteiger partial charge in [-0.2, -0.15) is 0 Å². The summed E-state index contributed by atoms with van der Waals surface area (Å²) in [4.78, 5) is 12.1. The van der Waals surface area contributed by atoms with Gasteiger partial charge >= 0.3 is 0 Å². The van der Waals surface area contributed by atoms with Gasteiger partial charge in [-0.3, -0.25) is 4.79 Å². The molecule has 0 radical (unpaired) electrons. The van der Waals surface area contributed by atoms with Crippen LogP contribution in [0.3, 0.4) is 0 Å². The minimum atomic E-state index is -3.48. The third-order valence-electron chi connectivity index (χ3n) is 3.17. The van der Waals surface area contributed by atoms with Crippen LogP contribution in [0.25, 0.3) is 0 Å². The highest BCUT2D eigenvalue weighted by atomic mass is 32.2. The van der Waals surface area contributed by atoms with E-state index in [1.165, 1.54) is 0 Å². The van der Waals surface area contributed by atoms with Crippen LogP contribution in [0.4, 0.5) is 0 Å². The molecule has 0 aliphatic carbocycles. The molecule has 0 aromatic rings. The van der Waals surface area contributed by atoms with Crippen LogP contribution in [0.15, 0.2) is 0 Å². The number of carbonyl (C=O) groups is 1. The van der Waals surface area contributed by atoms with Crippen molar-refractivity contribution in [3.8, 4) is 0 Å². The fourth-order valence-corrected chi connectivity index (χ4v) is 4.68. The summed E-state index contributed by atoms with van der Waals surface area (Å²) >= 11 is 0. The molecule has 0 aromatic heterocycles. The highest BCUT2D eigenvalue weighted by molar-refractivity contribution is 7.89. The number of sulfonamides is 1. The van der Waals surface area contributed by atoms with Crippen molar-refractivity contribution in [2.45, 2.75) is 53.5 Å². The van der Waals surface area contributed by atoms with Gasteiger partial charge in [0.2, 0.25) is 15.9 Å². The Balaban J connectivity index is 3.11. The second kappa shape index (κ2) is 3.97. The highest BCUT2D eigenvalue weighted by Crippen LogP contribution is 2.37. The van der Waals surface area contributed by atoms with Crippen molar-refractivity contribution < 1.29 is 13.2 Å². The van der Waals surface area contributed by atoms with Gasteiger partial charge in [-0.05, 0) is 32.1 Å². The van der Waals surface area contributed by atoms with Crippen molar-refractivity contribution in [2.24, 2.45) is 11.3 Å². The van der Waals surface area contributed by atoms with E-state index in [1.54, 1.807) is 20.8 Å². The molecular formula is C12H23NO3S. The van der Waals surface area contributed by atoms with Crippen molar-refractivity contribution >= 4 is 15.9 Å². The zero-order valence-corrected chi connectivity index (χ0v) is 12.4. The van der Waals surface area contributed by atoms with Gasteiger partial charge in [0.1, 0.15) is 0 Å². The predicted molar refractivity (Wildman–Crippen MR) is 67.9 cm³/mol. The van der Waals surface area contributed by atoms with Gasteiger partial charge in [0, 0.05) is 6.42 Å². The van der Waals surface area contributed by atoms with Crippen LogP contribution in [-0.4, -0.2) is 29.9 Å².